The van der Waals surface area contributed by atoms with Gasteiger partial charge in [0.1, 0.15) is 0 Å². The summed E-state index contributed by atoms with van der Waals surface area (Å²) in [5.41, 5.74) is 20.9. The zero-order valence-electron chi connectivity index (χ0n) is 32.8. The summed E-state index contributed by atoms with van der Waals surface area (Å²) in [7, 11) is 0. The molecule has 52 heavy (non-hydrogen) atoms. The molecule has 8 bridgehead atoms. The molecule has 1 heterocycles. The van der Waals surface area contributed by atoms with Gasteiger partial charge in [0.25, 0.3) is 0 Å². The van der Waals surface area contributed by atoms with E-state index in [1.807, 2.05) is 0 Å². The topological polar surface area (TPSA) is 88.6 Å². The summed E-state index contributed by atoms with van der Waals surface area (Å²) in [5.74, 6) is 0. The number of nitrogens with one attached hydrogen (secondary N) is 4. The molecule has 1 aliphatic rings. The Hall–Kier alpha value is -3.36. The van der Waals surface area contributed by atoms with E-state index in [0.29, 0.717) is 0 Å². The SMILES string of the molecule is CCc1c(CO)c(CC)c2c(CC)c1CNCc1cccc(c1)CNCc1c(CC)c(CO)c(CC)c(c1CC)CNCc1cccc(c1)CNC2. The van der Waals surface area contributed by atoms with Crippen LogP contribution in [-0.4, -0.2) is 10.2 Å². The number of aliphatic hydroxyl groups is 2. The molecule has 4 aromatic carbocycles. The summed E-state index contributed by atoms with van der Waals surface area (Å²) in [6.07, 6.45) is 5.55. The van der Waals surface area contributed by atoms with Gasteiger partial charge in [-0.25, -0.2) is 0 Å². The molecule has 0 atom stereocenters. The van der Waals surface area contributed by atoms with Gasteiger partial charge in [0.05, 0.1) is 13.2 Å². The summed E-state index contributed by atoms with van der Waals surface area (Å²) in [6.45, 7) is 19.8. The monoisotopic (exact) mass is 705 g/mol. The second kappa shape index (κ2) is 19.6. The highest BCUT2D eigenvalue weighted by atomic mass is 16.3. The molecule has 0 saturated heterocycles. The van der Waals surface area contributed by atoms with Crippen LogP contribution in [-0.2, 0) is 104 Å². The molecule has 6 heteroatoms. The molecular weight excluding hydrogens is 641 g/mol. The number of benzene rings is 4. The molecule has 0 aromatic heterocycles. The highest BCUT2D eigenvalue weighted by Crippen LogP contribution is 2.32. The lowest BCUT2D eigenvalue weighted by Gasteiger charge is -2.26. The van der Waals surface area contributed by atoms with Crippen LogP contribution >= 0.6 is 0 Å². The molecule has 0 aliphatic carbocycles. The lowest BCUT2D eigenvalue weighted by atomic mass is 9.83. The van der Waals surface area contributed by atoms with Crippen molar-refractivity contribution in [3.63, 3.8) is 0 Å². The Morgan fingerprint density at radius 3 is 0.827 bits per heavy atom. The van der Waals surface area contributed by atoms with Crippen molar-refractivity contribution in [2.24, 2.45) is 0 Å². The third-order valence-electron chi connectivity index (χ3n) is 11.3. The predicted molar refractivity (Wildman–Crippen MR) is 216 cm³/mol. The van der Waals surface area contributed by atoms with Gasteiger partial charge in [-0.2, -0.15) is 0 Å². The third kappa shape index (κ3) is 8.87. The molecule has 6 N–H and O–H groups in total. The van der Waals surface area contributed by atoms with E-state index in [-0.39, 0.29) is 13.2 Å². The molecule has 0 fully saturated rings. The van der Waals surface area contributed by atoms with Gasteiger partial charge >= 0.3 is 0 Å². The van der Waals surface area contributed by atoms with Crippen LogP contribution in [0.3, 0.4) is 0 Å². The molecule has 0 unspecified atom stereocenters. The molecule has 0 saturated carbocycles. The standard InChI is InChI=1S/C46H64N4O2/c1-7-35-41-25-47-21-31-15-13-17-33(19-31)23-49-27-43-36(8-2)44(40(12-6)46(30-52)39(43)11-5)28-50-24-34-18-14-16-32(20-34)22-48-26-42(35)38(10-4)45(29-51)37(41)9-3/h13-20,47-52H,7-12,21-30H2,1-6H3. The maximum Gasteiger partial charge on any atom is 0.0687 e. The van der Waals surface area contributed by atoms with E-state index in [1.165, 1.54) is 77.9 Å². The molecule has 280 valence electrons. The van der Waals surface area contributed by atoms with Crippen LogP contribution in [0.25, 0.3) is 0 Å². The fourth-order valence-electron chi connectivity index (χ4n) is 9.01. The highest BCUT2D eigenvalue weighted by Gasteiger charge is 2.22. The molecule has 6 nitrogen and oxygen atoms in total. The van der Waals surface area contributed by atoms with Crippen molar-refractivity contribution in [3.8, 4) is 0 Å². The fraction of sp³-hybridized carbons (Fsp3) is 0.478. The second-order valence-electron chi connectivity index (χ2n) is 14.2. The first-order valence-corrected chi connectivity index (χ1v) is 20.0. The fourth-order valence-corrected chi connectivity index (χ4v) is 9.01. The van der Waals surface area contributed by atoms with E-state index in [2.05, 4.69) is 111 Å². The van der Waals surface area contributed by atoms with Crippen molar-refractivity contribution < 1.29 is 10.2 Å². The average Bonchev–Trinajstić information content (AvgIpc) is 3.17. The van der Waals surface area contributed by atoms with Crippen LogP contribution in [0.4, 0.5) is 0 Å². The molecule has 1 aliphatic heterocycles. The third-order valence-corrected chi connectivity index (χ3v) is 11.3. The van der Waals surface area contributed by atoms with Gasteiger partial charge in [-0.3, -0.25) is 0 Å². The van der Waals surface area contributed by atoms with Crippen LogP contribution in [0.1, 0.15) is 131 Å². The van der Waals surface area contributed by atoms with Crippen molar-refractivity contribution in [1.82, 2.24) is 21.3 Å². The lowest BCUT2D eigenvalue weighted by molar-refractivity contribution is 0.278. The van der Waals surface area contributed by atoms with E-state index in [9.17, 15) is 10.2 Å². The molecule has 0 spiro atoms. The summed E-state index contributed by atoms with van der Waals surface area (Å²) >= 11 is 0. The van der Waals surface area contributed by atoms with Crippen molar-refractivity contribution in [2.45, 2.75) is 146 Å². The van der Waals surface area contributed by atoms with Crippen LogP contribution in [0, 0.1) is 0 Å². The quantitative estimate of drug-likeness (QED) is 0.114. The predicted octanol–water partition coefficient (Wildman–Crippen LogP) is 7.52. The summed E-state index contributed by atoms with van der Waals surface area (Å²) in [4.78, 5) is 0. The van der Waals surface area contributed by atoms with Gasteiger partial charge in [-0.05, 0) is 128 Å². The Morgan fingerprint density at radius 1 is 0.365 bits per heavy atom. The highest BCUT2D eigenvalue weighted by molar-refractivity contribution is 5.54. The van der Waals surface area contributed by atoms with E-state index < -0.39 is 0 Å². The van der Waals surface area contributed by atoms with Gasteiger partial charge in [0.15, 0.2) is 0 Å². The minimum absolute atomic E-state index is 0.0740. The first kappa shape index (κ1) is 39.8. The first-order chi connectivity index (χ1) is 25.5. The molecule has 5 rings (SSSR count). The van der Waals surface area contributed by atoms with E-state index in [4.69, 9.17) is 0 Å². The zero-order valence-corrected chi connectivity index (χ0v) is 32.8. The van der Waals surface area contributed by atoms with Gasteiger partial charge < -0.3 is 31.5 Å². The van der Waals surface area contributed by atoms with E-state index >= 15 is 0 Å². The molecule has 0 radical (unpaired) electrons. The Balaban J connectivity index is 1.54. The zero-order chi connectivity index (χ0) is 37.0. The molecular formula is C46H64N4O2. The Morgan fingerprint density at radius 2 is 0.615 bits per heavy atom. The largest absolute Gasteiger partial charge is 0.392 e. The maximum atomic E-state index is 10.7. The number of hydrogen-bond acceptors (Lipinski definition) is 6. The number of hydrogen-bond donors (Lipinski definition) is 6. The number of aliphatic hydroxyl groups excluding tert-OH is 2. The van der Waals surface area contributed by atoms with Crippen molar-refractivity contribution in [1.29, 1.82) is 0 Å². The lowest BCUT2D eigenvalue weighted by Crippen LogP contribution is -2.23. The molecule has 0 amide bonds. The Bertz CT molecular complexity index is 1560. The van der Waals surface area contributed by atoms with Gasteiger partial charge in [0, 0.05) is 52.4 Å². The van der Waals surface area contributed by atoms with E-state index in [0.717, 1.165) is 102 Å². The van der Waals surface area contributed by atoms with E-state index in [1.54, 1.807) is 0 Å². The van der Waals surface area contributed by atoms with Gasteiger partial charge in [0.2, 0.25) is 0 Å². The van der Waals surface area contributed by atoms with Crippen molar-refractivity contribution in [3.05, 3.63) is 138 Å². The normalized spacial score (nSPS) is 14.6. The summed E-state index contributed by atoms with van der Waals surface area (Å²) in [6, 6.07) is 17.8. The maximum absolute atomic E-state index is 10.7. The summed E-state index contributed by atoms with van der Waals surface area (Å²) in [5, 5.41) is 36.6. The minimum atomic E-state index is 0.0740. The minimum Gasteiger partial charge on any atom is -0.392 e. The Labute approximate surface area is 313 Å². The van der Waals surface area contributed by atoms with Crippen LogP contribution < -0.4 is 21.3 Å². The van der Waals surface area contributed by atoms with Crippen molar-refractivity contribution >= 4 is 0 Å². The average molecular weight is 705 g/mol. The molecule has 4 aromatic rings. The van der Waals surface area contributed by atoms with Gasteiger partial charge in [-0.1, -0.05) is 90.1 Å². The first-order valence-electron chi connectivity index (χ1n) is 20.0. The van der Waals surface area contributed by atoms with Gasteiger partial charge in [-0.15, -0.1) is 0 Å². The van der Waals surface area contributed by atoms with Crippen LogP contribution in [0.15, 0.2) is 48.5 Å². The van der Waals surface area contributed by atoms with Crippen LogP contribution in [0.5, 0.6) is 0 Å². The second-order valence-corrected chi connectivity index (χ2v) is 14.2. The number of fused-ring (bicyclic) bond motifs is 8. The summed E-state index contributed by atoms with van der Waals surface area (Å²) < 4.78 is 0. The van der Waals surface area contributed by atoms with Crippen LogP contribution in [0.2, 0.25) is 0 Å². The number of rotatable bonds is 8. The Kier molecular flexibility index (Phi) is 15.0. The van der Waals surface area contributed by atoms with Crippen molar-refractivity contribution in [2.75, 3.05) is 0 Å². The smallest absolute Gasteiger partial charge is 0.0687 e.